The first-order valence-electron chi connectivity index (χ1n) is 9.62. The van der Waals surface area contributed by atoms with Gasteiger partial charge in [0.05, 0.1) is 12.2 Å². The van der Waals surface area contributed by atoms with Crippen molar-refractivity contribution >= 4 is 11.8 Å². The smallest absolute Gasteiger partial charge is 0.222 e. The van der Waals surface area contributed by atoms with E-state index in [-0.39, 0.29) is 30.0 Å². The quantitative estimate of drug-likeness (QED) is 0.856. The minimum absolute atomic E-state index is 0.107. The van der Waals surface area contributed by atoms with Crippen LogP contribution in [0, 0.1) is 11.6 Å². The van der Waals surface area contributed by atoms with Gasteiger partial charge in [-0.1, -0.05) is 0 Å². The highest BCUT2D eigenvalue weighted by atomic mass is 19.1. The van der Waals surface area contributed by atoms with E-state index in [0.717, 1.165) is 43.1 Å². The number of likely N-dealkylation sites (tertiary alicyclic amines) is 1. The maximum atomic E-state index is 14.2. The summed E-state index contributed by atoms with van der Waals surface area (Å²) < 4.78 is 28.9. The molecule has 1 aliphatic carbocycles. The molecule has 0 unspecified atom stereocenters. The summed E-state index contributed by atoms with van der Waals surface area (Å²) in [6.07, 6.45) is 5.64. The molecule has 2 amide bonds. The molecule has 1 aromatic heterocycles. The lowest BCUT2D eigenvalue weighted by molar-refractivity contribution is -0.128. The lowest BCUT2D eigenvalue weighted by Crippen LogP contribution is -2.34. The van der Waals surface area contributed by atoms with Gasteiger partial charge in [0, 0.05) is 43.3 Å². The number of fused-ring (bicyclic) bond motifs is 1. The Morgan fingerprint density at radius 2 is 2.11 bits per heavy atom. The molecule has 6 nitrogen and oxygen atoms in total. The third-order valence-electron chi connectivity index (χ3n) is 5.44. The number of amides is 2. The third-order valence-corrected chi connectivity index (χ3v) is 5.44. The molecular formula is C20H22F2N4O2. The Bertz CT molecular complexity index is 912. The second kappa shape index (κ2) is 7.69. The average molecular weight is 388 g/mol. The Morgan fingerprint density at radius 1 is 1.25 bits per heavy atom. The number of nitrogens with one attached hydrogen (secondary N) is 1. The van der Waals surface area contributed by atoms with Crippen LogP contribution in [0.3, 0.4) is 0 Å². The van der Waals surface area contributed by atoms with E-state index >= 15 is 0 Å². The van der Waals surface area contributed by atoms with Crippen LogP contribution in [0.15, 0.2) is 24.4 Å². The first-order valence-corrected chi connectivity index (χ1v) is 9.62. The minimum Gasteiger partial charge on any atom is -0.349 e. The van der Waals surface area contributed by atoms with Crippen LogP contribution in [0.1, 0.15) is 49.4 Å². The molecule has 1 saturated heterocycles. The van der Waals surface area contributed by atoms with Crippen molar-refractivity contribution in [2.24, 2.45) is 0 Å². The minimum atomic E-state index is -0.674. The molecule has 0 saturated carbocycles. The van der Waals surface area contributed by atoms with Gasteiger partial charge in [0.2, 0.25) is 11.8 Å². The molecule has 4 rings (SSSR count). The van der Waals surface area contributed by atoms with Gasteiger partial charge in [-0.15, -0.1) is 0 Å². The van der Waals surface area contributed by atoms with E-state index in [0.29, 0.717) is 19.4 Å². The van der Waals surface area contributed by atoms with Crippen LogP contribution in [0.25, 0.3) is 5.69 Å². The zero-order valence-corrected chi connectivity index (χ0v) is 15.5. The zero-order valence-electron chi connectivity index (χ0n) is 15.5. The van der Waals surface area contributed by atoms with Crippen molar-refractivity contribution in [1.82, 2.24) is 20.0 Å². The van der Waals surface area contributed by atoms with Crippen molar-refractivity contribution in [2.45, 2.75) is 44.6 Å². The highest BCUT2D eigenvalue weighted by molar-refractivity contribution is 5.80. The number of aromatic nitrogens is 2. The van der Waals surface area contributed by atoms with Crippen LogP contribution in [-0.2, 0) is 16.0 Å². The largest absolute Gasteiger partial charge is 0.349 e. The van der Waals surface area contributed by atoms with Crippen LogP contribution in [0.4, 0.5) is 8.78 Å². The lowest BCUT2D eigenvalue weighted by atomic mass is 9.92. The summed E-state index contributed by atoms with van der Waals surface area (Å²) in [6, 6.07) is 3.22. The molecule has 148 valence electrons. The number of rotatable bonds is 5. The molecule has 28 heavy (non-hydrogen) atoms. The Kier molecular flexibility index (Phi) is 5.11. The van der Waals surface area contributed by atoms with Crippen molar-refractivity contribution < 1.29 is 18.4 Å². The molecule has 1 atom stereocenters. The van der Waals surface area contributed by atoms with Gasteiger partial charge in [0.15, 0.2) is 5.82 Å². The molecular weight excluding hydrogens is 366 g/mol. The second-order valence-electron chi connectivity index (χ2n) is 7.30. The summed E-state index contributed by atoms with van der Waals surface area (Å²) in [5.74, 6) is -1.31. The molecule has 0 bridgehead atoms. The van der Waals surface area contributed by atoms with Crippen molar-refractivity contribution in [3.63, 3.8) is 0 Å². The van der Waals surface area contributed by atoms with E-state index in [1.807, 2.05) is 0 Å². The van der Waals surface area contributed by atoms with Crippen molar-refractivity contribution in [3.05, 3.63) is 47.3 Å². The molecule has 2 aromatic rings. The van der Waals surface area contributed by atoms with Gasteiger partial charge in [-0.25, -0.2) is 13.5 Å². The molecule has 2 heterocycles. The van der Waals surface area contributed by atoms with Crippen LogP contribution < -0.4 is 5.32 Å². The first-order chi connectivity index (χ1) is 13.5. The van der Waals surface area contributed by atoms with Gasteiger partial charge in [-0.05, 0) is 37.8 Å². The fraction of sp³-hybridized carbons (Fsp3) is 0.450. The number of benzene rings is 1. The van der Waals surface area contributed by atoms with Crippen LogP contribution in [-0.4, -0.2) is 39.6 Å². The predicted octanol–water partition coefficient (Wildman–Crippen LogP) is 2.66. The number of nitrogens with zero attached hydrogens (tertiary/aromatic N) is 3. The number of carbonyl (C=O) groups excluding carboxylic acids is 2. The maximum absolute atomic E-state index is 14.2. The Balaban J connectivity index is 1.46. The molecule has 8 heteroatoms. The summed E-state index contributed by atoms with van der Waals surface area (Å²) in [5.41, 5.74) is 1.89. The summed E-state index contributed by atoms with van der Waals surface area (Å²) in [7, 11) is 0. The fourth-order valence-electron chi connectivity index (χ4n) is 4.01. The van der Waals surface area contributed by atoms with Gasteiger partial charge >= 0.3 is 0 Å². The Labute approximate surface area is 161 Å². The number of halogens is 2. The van der Waals surface area contributed by atoms with Crippen molar-refractivity contribution in [3.8, 4) is 5.69 Å². The normalized spacial score (nSPS) is 19.0. The highest BCUT2D eigenvalue weighted by Crippen LogP contribution is 2.31. The summed E-state index contributed by atoms with van der Waals surface area (Å²) in [5, 5.41) is 7.30. The monoisotopic (exact) mass is 388 g/mol. The van der Waals surface area contributed by atoms with E-state index in [4.69, 9.17) is 0 Å². The van der Waals surface area contributed by atoms with Crippen LogP contribution in [0.2, 0.25) is 0 Å². The van der Waals surface area contributed by atoms with Gasteiger partial charge in [-0.2, -0.15) is 5.10 Å². The topological polar surface area (TPSA) is 67.2 Å². The Morgan fingerprint density at radius 3 is 2.86 bits per heavy atom. The van der Waals surface area contributed by atoms with Gasteiger partial charge in [0.25, 0.3) is 0 Å². The van der Waals surface area contributed by atoms with Crippen LogP contribution in [0.5, 0.6) is 0 Å². The zero-order chi connectivity index (χ0) is 19.7. The summed E-state index contributed by atoms with van der Waals surface area (Å²) in [6.45, 7) is 1.15. The van der Waals surface area contributed by atoms with E-state index in [2.05, 4.69) is 10.4 Å². The molecule has 0 spiro atoms. The van der Waals surface area contributed by atoms with E-state index in [1.54, 1.807) is 11.1 Å². The Hall–Kier alpha value is -2.77. The average Bonchev–Trinajstić information content (AvgIpc) is 3.27. The van der Waals surface area contributed by atoms with E-state index in [9.17, 15) is 18.4 Å². The maximum Gasteiger partial charge on any atom is 0.222 e. The summed E-state index contributed by atoms with van der Waals surface area (Å²) in [4.78, 5) is 25.8. The SMILES string of the molecule is O=C(CCN1CCCC1=O)N[C@@H]1CCCc2c1cnn2-c1ccc(F)cc1F. The molecule has 2 aliphatic rings. The second-order valence-corrected chi connectivity index (χ2v) is 7.30. The fourth-order valence-corrected chi connectivity index (χ4v) is 4.01. The molecule has 1 N–H and O–H groups in total. The predicted molar refractivity (Wildman–Crippen MR) is 97.7 cm³/mol. The van der Waals surface area contributed by atoms with Crippen LogP contribution >= 0.6 is 0 Å². The molecule has 0 radical (unpaired) electrons. The third kappa shape index (κ3) is 3.63. The number of hydrogen-bond donors (Lipinski definition) is 1. The number of hydrogen-bond acceptors (Lipinski definition) is 3. The van der Waals surface area contributed by atoms with Gasteiger partial charge < -0.3 is 10.2 Å². The van der Waals surface area contributed by atoms with Gasteiger partial charge in [-0.3, -0.25) is 9.59 Å². The van der Waals surface area contributed by atoms with E-state index in [1.165, 1.54) is 16.8 Å². The first kappa shape index (κ1) is 18.6. The standard InChI is InChI=1S/C20H22F2N4O2/c21-13-6-7-18(15(22)11-13)26-17-4-1-3-16(14(17)12-23-26)24-19(27)8-10-25-9-2-5-20(25)28/h6-7,11-12,16H,1-5,8-10H2,(H,24,27)/t16-/m1/s1. The van der Waals surface area contributed by atoms with Gasteiger partial charge in [0.1, 0.15) is 11.5 Å². The van der Waals surface area contributed by atoms with E-state index < -0.39 is 11.6 Å². The number of carbonyl (C=O) groups is 2. The highest BCUT2D eigenvalue weighted by Gasteiger charge is 2.27. The van der Waals surface area contributed by atoms with Crippen molar-refractivity contribution in [2.75, 3.05) is 13.1 Å². The molecule has 1 aliphatic heterocycles. The summed E-state index contributed by atoms with van der Waals surface area (Å²) >= 11 is 0. The molecule has 1 aromatic carbocycles. The van der Waals surface area contributed by atoms with Crippen molar-refractivity contribution in [1.29, 1.82) is 0 Å². The molecule has 1 fully saturated rings. The lowest BCUT2D eigenvalue weighted by Gasteiger charge is -2.25.